The van der Waals surface area contributed by atoms with Crippen LogP contribution in [0.15, 0.2) is 0 Å². The van der Waals surface area contributed by atoms with Crippen molar-refractivity contribution >= 4 is 6.09 Å². The van der Waals surface area contributed by atoms with Gasteiger partial charge >= 0.3 is 0 Å². The van der Waals surface area contributed by atoms with Gasteiger partial charge in [0.2, 0.25) is 0 Å². The highest BCUT2D eigenvalue weighted by atomic mass is 16.5. The van der Waals surface area contributed by atoms with Crippen LogP contribution >= 0.6 is 0 Å². The summed E-state index contributed by atoms with van der Waals surface area (Å²) in [4.78, 5) is 10.4. The van der Waals surface area contributed by atoms with Crippen molar-refractivity contribution in [2.45, 2.75) is 6.92 Å². The van der Waals surface area contributed by atoms with E-state index in [0.717, 1.165) is 0 Å². The van der Waals surface area contributed by atoms with Crippen molar-refractivity contribution in [2.75, 3.05) is 27.4 Å². The SMILES string of the molecule is CC[N+](C)(COC)C(=O)[O-]. The molecule has 0 aromatic heterocycles. The Morgan fingerprint density at radius 2 is 2.20 bits per heavy atom. The van der Waals surface area contributed by atoms with Gasteiger partial charge in [-0.25, -0.2) is 0 Å². The maximum absolute atomic E-state index is 10.4. The summed E-state index contributed by atoms with van der Waals surface area (Å²) in [5, 5.41) is 10.4. The van der Waals surface area contributed by atoms with E-state index < -0.39 is 6.09 Å². The Kier molecular flexibility index (Phi) is 3.32. The lowest BCUT2D eigenvalue weighted by molar-refractivity contribution is -0.874. The maximum atomic E-state index is 10.4. The van der Waals surface area contributed by atoms with Gasteiger partial charge in [0.1, 0.15) is 0 Å². The summed E-state index contributed by atoms with van der Waals surface area (Å²) < 4.78 is 4.51. The first-order valence-corrected chi connectivity index (χ1v) is 3.12. The van der Waals surface area contributed by atoms with E-state index in [4.69, 9.17) is 4.74 Å². The molecular weight excluding hydrogens is 134 g/mol. The van der Waals surface area contributed by atoms with Gasteiger partial charge in [-0.15, -0.1) is 0 Å². The molecule has 10 heavy (non-hydrogen) atoms. The zero-order valence-corrected chi connectivity index (χ0v) is 6.59. The van der Waals surface area contributed by atoms with Gasteiger partial charge in [0.15, 0.2) is 6.73 Å². The molecule has 0 saturated heterocycles. The van der Waals surface area contributed by atoms with Crippen LogP contribution in [0.25, 0.3) is 0 Å². The first kappa shape index (κ1) is 9.39. The number of carbonyl (C=O) groups is 1. The Morgan fingerprint density at radius 3 is 2.30 bits per heavy atom. The van der Waals surface area contributed by atoms with Crippen LogP contribution in [0.1, 0.15) is 6.92 Å². The summed E-state index contributed by atoms with van der Waals surface area (Å²) >= 11 is 0. The molecule has 1 unspecified atom stereocenters. The smallest absolute Gasteiger partial charge is 0.259 e. The van der Waals surface area contributed by atoms with E-state index in [1.54, 1.807) is 14.0 Å². The highest BCUT2D eigenvalue weighted by Gasteiger charge is 2.20. The predicted octanol–water partition coefficient (Wildman–Crippen LogP) is -0.600. The van der Waals surface area contributed by atoms with Gasteiger partial charge < -0.3 is 14.6 Å². The van der Waals surface area contributed by atoms with E-state index >= 15 is 0 Å². The Morgan fingerprint density at radius 1 is 1.70 bits per heavy atom. The van der Waals surface area contributed by atoms with Crippen LogP contribution in [-0.2, 0) is 4.74 Å². The third-order valence-electron chi connectivity index (χ3n) is 1.55. The molecule has 4 heteroatoms. The summed E-state index contributed by atoms with van der Waals surface area (Å²) in [7, 11) is 3.02. The van der Waals surface area contributed by atoms with Crippen molar-refractivity contribution < 1.29 is 19.1 Å². The van der Waals surface area contributed by atoms with Gasteiger partial charge in [-0.1, -0.05) is 0 Å². The number of nitrogens with zero attached hydrogens (tertiary/aromatic N) is 1. The monoisotopic (exact) mass is 147 g/mol. The molecule has 0 spiro atoms. The molecule has 0 aliphatic heterocycles. The number of hydrogen-bond acceptors (Lipinski definition) is 3. The van der Waals surface area contributed by atoms with Gasteiger partial charge in [-0.05, 0) is 6.92 Å². The lowest BCUT2D eigenvalue weighted by Gasteiger charge is -2.30. The number of rotatable bonds is 3. The molecule has 0 aromatic carbocycles. The lowest BCUT2D eigenvalue weighted by atomic mass is 10.5. The lowest BCUT2D eigenvalue weighted by Crippen LogP contribution is -2.56. The first-order valence-electron chi connectivity index (χ1n) is 3.12. The topological polar surface area (TPSA) is 49.4 Å². The van der Waals surface area contributed by atoms with Gasteiger partial charge in [0.05, 0.1) is 13.6 Å². The molecule has 0 N–H and O–H groups in total. The molecule has 0 rings (SSSR count). The average Bonchev–Trinajstić information content (AvgIpc) is 1.88. The van der Waals surface area contributed by atoms with Gasteiger partial charge in [-0.2, -0.15) is 0 Å². The molecule has 0 fully saturated rings. The summed E-state index contributed by atoms with van der Waals surface area (Å²) in [6.45, 7) is 2.39. The van der Waals surface area contributed by atoms with E-state index in [1.807, 2.05) is 0 Å². The standard InChI is InChI=1S/C6H13NO3/c1-4-7(2,5-10-3)6(8)9/h4-5H2,1-3H3. The van der Waals surface area contributed by atoms with Crippen LogP contribution < -0.4 is 5.11 Å². The van der Waals surface area contributed by atoms with E-state index in [-0.39, 0.29) is 11.2 Å². The van der Waals surface area contributed by atoms with Gasteiger partial charge in [0.25, 0.3) is 6.09 Å². The third kappa shape index (κ3) is 1.97. The largest absolute Gasteiger partial charge is 0.498 e. The first-order chi connectivity index (χ1) is 4.56. The number of amides is 1. The van der Waals surface area contributed by atoms with Crippen LogP contribution in [0.4, 0.5) is 4.79 Å². The van der Waals surface area contributed by atoms with Gasteiger partial charge in [-0.3, -0.25) is 4.48 Å². The van der Waals surface area contributed by atoms with E-state index in [9.17, 15) is 9.90 Å². The Balaban J connectivity index is 4.08. The number of carbonyl (C=O) groups excluding carboxylic acids is 1. The van der Waals surface area contributed by atoms with Crippen LogP contribution in [0.2, 0.25) is 0 Å². The minimum absolute atomic E-state index is 0.152. The molecule has 0 aliphatic carbocycles. The third-order valence-corrected chi connectivity index (χ3v) is 1.55. The molecule has 0 aromatic rings. The molecule has 0 radical (unpaired) electrons. The summed E-state index contributed by atoms with van der Waals surface area (Å²) in [6, 6.07) is 0. The fraction of sp³-hybridized carbons (Fsp3) is 0.833. The van der Waals surface area contributed by atoms with E-state index in [0.29, 0.717) is 6.54 Å². The fourth-order valence-corrected chi connectivity index (χ4v) is 0.558. The van der Waals surface area contributed by atoms with Crippen LogP contribution in [-0.4, -0.2) is 38.0 Å². The molecule has 0 saturated carbocycles. The van der Waals surface area contributed by atoms with Crippen molar-refractivity contribution in [1.29, 1.82) is 0 Å². The number of carboxylic acid groups (broad SMARTS) is 1. The number of methoxy groups -OCH3 is 1. The van der Waals surface area contributed by atoms with Crippen LogP contribution in [0.3, 0.4) is 0 Å². The molecule has 0 aliphatic rings. The second-order valence-electron chi connectivity index (χ2n) is 2.40. The quantitative estimate of drug-likeness (QED) is 0.395. The molecule has 1 atom stereocenters. The van der Waals surface area contributed by atoms with Crippen LogP contribution in [0.5, 0.6) is 0 Å². The minimum atomic E-state index is -1.11. The molecule has 0 bridgehead atoms. The highest BCUT2D eigenvalue weighted by Crippen LogP contribution is 1.99. The summed E-state index contributed by atoms with van der Waals surface area (Å²) in [6.07, 6.45) is -1.11. The average molecular weight is 147 g/mol. The molecular formula is C6H13NO3. The van der Waals surface area contributed by atoms with Crippen LogP contribution in [0, 0.1) is 0 Å². The molecule has 1 amide bonds. The fourth-order valence-electron chi connectivity index (χ4n) is 0.558. The van der Waals surface area contributed by atoms with Gasteiger partial charge in [0, 0.05) is 7.11 Å². The minimum Gasteiger partial charge on any atom is -0.498 e. The van der Waals surface area contributed by atoms with Crippen molar-refractivity contribution in [3.05, 3.63) is 0 Å². The molecule has 0 heterocycles. The second kappa shape index (κ2) is 3.53. The predicted molar refractivity (Wildman–Crippen MR) is 34.0 cm³/mol. The Hall–Kier alpha value is -0.610. The van der Waals surface area contributed by atoms with Crippen molar-refractivity contribution in [1.82, 2.24) is 0 Å². The number of hydrogen-bond donors (Lipinski definition) is 0. The van der Waals surface area contributed by atoms with Crippen molar-refractivity contribution in [2.24, 2.45) is 0 Å². The summed E-state index contributed by atoms with van der Waals surface area (Å²) in [5.41, 5.74) is 0. The molecule has 4 nitrogen and oxygen atoms in total. The highest BCUT2D eigenvalue weighted by molar-refractivity contribution is 5.53. The normalized spacial score (nSPS) is 16.3. The maximum Gasteiger partial charge on any atom is 0.259 e. The molecule has 60 valence electrons. The second-order valence-corrected chi connectivity index (χ2v) is 2.40. The summed E-state index contributed by atoms with van der Waals surface area (Å²) in [5.74, 6) is 0. The Bertz CT molecular complexity index is 126. The zero-order valence-electron chi connectivity index (χ0n) is 6.59. The van der Waals surface area contributed by atoms with Crippen molar-refractivity contribution in [3.8, 4) is 0 Å². The van der Waals surface area contributed by atoms with E-state index in [1.165, 1.54) is 7.11 Å². The number of quaternary nitrogens is 1. The Labute approximate surface area is 60.6 Å². The number of ether oxygens (including phenoxy) is 1. The van der Waals surface area contributed by atoms with E-state index in [2.05, 4.69) is 0 Å². The van der Waals surface area contributed by atoms with Crippen molar-refractivity contribution in [3.63, 3.8) is 0 Å². The zero-order chi connectivity index (χ0) is 8.20.